The molecular formula is C14H11Cl3N4O. The summed E-state index contributed by atoms with van der Waals surface area (Å²) in [5.41, 5.74) is 3.64. The first-order valence-electron chi connectivity index (χ1n) is 6.16. The first kappa shape index (κ1) is 16.5. The molecule has 5 nitrogen and oxygen atoms in total. The van der Waals surface area contributed by atoms with Crippen LogP contribution in [-0.4, -0.2) is 23.7 Å². The zero-order valence-corrected chi connectivity index (χ0v) is 13.5. The fraction of sp³-hybridized carbons (Fsp3) is 0.0714. The lowest BCUT2D eigenvalue weighted by atomic mass is 10.3. The molecule has 0 aliphatic heterocycles. The summed E-state index contributed by atoms with van der Waals surface area (Å²) in [4.78, 5) is 15.5. The number of hydrazone groups is 1. The van der Waals surface area contributed by atoms with Crippen LogP contribution < -0.4 is 10.7 Å². The van der Waals surface area contributed by atoms with E-state index < -0.39 is 0 Å². The van der Waals surface area contributed by atoms with Gasteiger partial charge in [0.1, 0.15) is 0 Å². The number of hydrogen-bond donors (Lipinski definition) is 2. The average molecular weight is 358 g/mol. The number of benzene rings is 1. The van der Waals surface area contributed by atoms with Crippen molar-refractivity contribution in [2.24, 2.45) is 5.10 Å². The number of halogens is 3. The van der Waals surface area contributed by atoms with E-state index in [2.05, 4.69) is 20.8 Å². The Balaban J connectivity index is 1.85. The summed E-state index contributed by atoms with van der Waals surface area (Å²) in [5, 5.41) is 8.08. The Morgan fingerprint density at radius 2 is 1.77 bits per heavy atom. The molecule has 0 fully saturated rings. The highest BCUT2D eigenvalue weighted by molar-refractivity contribution is 6.38. The van der Waals surface area contributed by atoms with E-state index in [1.807, 2.05) is 0 Å². The Labute approximate surface area is 142 Å². The first-order valence-corrected chi connectivity index (χ1v) is 7.30. The Morgan fingerprint density at radius 1 is 1.14 bits per heavy atom. The van der Waals surface area contributed by atoms with Gasteiger partial charge in [0.15, 0.2) is 0 Å². The molecule has 2 rings (SSSR count). The van der Waals surface area contributed by atoms with E-state index in [0.717, 1.165) is 5.69 Å². The van der Waals surface area contributed by atoms with Crippen molar-refractivity contribution in [2.75, 3.05) is 11.9 Å². The number of anilines is 1. The van der Waals surface area contributed by atoms with Gasteiger partial charge < -0.3 is 5.32 Å². The van der Waals surface area contributed by atoms with Crippen molar-refractivity contribution < 1.29 is 4.79 Å². The average Bonchev–Trinajstić information content (AvgIpc) is 2.50. The van der Waals surface area contributed by atoms with Crippen molar-refractivity contribution in [1.82, 2.24) is 10.4 Å². The number of carbonyl (C=O) groups is 1. The number of nitrogens with zero attached hydrogens (tertiary/aromatic N) is 2. The summed E-state index contributed by atoms with van der Waals surface area (Å²) in [6, 6.07) is 7.01. The first-order chi connectivity index (χ1) is 10.6. The number of aromatic nitrogens is 1. The van der Waals surface area contributed by atoms with E-state index in [1.54, 1.807) is 24.3 Å². The lowest BCUT2D eigenvalue weighted by Gasteiger charge is -2.05. The van der Waals surface area contributed by atoms with E-state index in [1.165, 1.54) is 18.6 Å². The van der Waals surface area contributed by atoms with Gasteiger partial charge in [0.2, 0.25) is 0 Å². The number of amides is 1. The topological polar surface area (TPSA) is 66.4 Å². The van der Waals surface area contributed by atoms with Crippen LogP contribution in [0.25, 0.3) is 0 Å². The third-order valence-corrected chi connectivity index (χ3v) is 3.42. The molecule has 0 saturated heterocycles. The minimum atomic E-state index is -0.312. The predicted molar refractivity (Wildman–Crippen MR) is 89.9 cm³/mol. The van der Waals surface area contributed by atoms with Crippen LogP contribution >= 0.6 is 34.8 Å². The number of hydrogen-bond acceptors (Lipinski definition) is 4. The number of carbonyl (C=O) groups excluding carboxylic acids is 1. The SMILES string of the molecule is O=C(CNc1ccc(Cl)cc1)N/N=C/c1c(Cl)cncc1Cl. The molecule has 0 spiro atoms. The Kier molecular flexibility index (Phi) is 6.00. The van der Waals surface area contributed by atoms with Gasteiger partial charge in [-0.2, -0.15) is 5.10 Å². The highest BCUT2D eigenvalue weighted by Gasteiger charge is 2.04. The van der Waals surface area contributed by atoms with Gasteiger partial charge in [-0.1, -0.05) is 34.8 Å². The van der Waals surface area contributed by atoms with E-state index in [0.29, 0.717) is 20.6 Å². The molecule has 1 aromatic carbocycles. The molecule has 1 heterocycles. The normalized spacial score (nSPS) is 10.7. The van der Waals surface area contributed by atoms with E-state index in [-0.39, 0.29) is 12.5 Å². The van der Waals surface area contributed by atoms with Crippen LogP contribution in [0.3, 0.4) is 0 Å². The molecule has 2 N–H and O–H groups in total. The third-order valence-electron chi connectivity index (χ3n) is 2.57. The van der Waals surface area contributed by atoms with Crippen LogP contribution in [0.5, 0.6) is 0 Å². The predicted octanol–water partition coefficient (Wildman–Crippen LogP) is 3.60. The summed E-state index contributed by atoms with van der Waals surface area (Å²) >= 11 is 17.6. The highest BCUT2D eigenvalue weighted by atomic mass is 35.5. The second-order valence-electron chi connectivity index (χ2n) is 4.17. The van der Waals surface area contributed by atoms with Gasteiger partial charge in [-0.05, 0) is 24.3 Å². The van der Waals surface area contributed by atoms with Crippen molar-refractivity contribution in [3.8, 4) is 0 Å². The van der Waals surface area contributed by atoms with Gasteiger partial charge >= 0.3 is 0 Å². The second-order valence-corrected chi connectivity index (χ2v) is 5.42. The molecule has 0 aliphatic rings. The van der Waals surface area contributed by atoms with Crippen LogP contribution in [0.2, 0.25) is 15.1 Å². The van der Waals surface area contributed by atoms with Crippen LogP contribution in [-0.2, 0) is 4.79 Å². The molecular weight excluding hydrogens is 347 g/mol. The maximum absolute atomic E-state index is 11.7. The zero-order valence-electron chi connectivity index (χ0n) is 11.2. The van der Waals surface area contributed by atoms with Gasteiger partial charge in [-0.15, -0.1) is 0 Å². The minimum absolute atomic E-state index is 0.0663. The molecule has 0 unspecified atom stereocenters. The Bertz CT molecular complexity index is 669. The van der Waals surface area contributed by atoms with Crippen LogP contribution in [0.15, 0.2) is 41.8 Å². The fourth-order valence-corrected chi connectivity index (χ4v) is 2.09. The number of pyridine rings is 1. The highest BCUT2D eigenvalue weighted by Crippen LogP contribution is 2.20. The summed E-state index contributed by atoms with van der Waals surface area (Å²) < 4.78 is 0. The standard InChI is InChI=1S/C14H11Cl3N4O/c15-9-1-3-10(4-2-9)19-8-14(22)21-20-5-11-12(16)6-18-7-13(11)17/h1-7,19H,8H2,(H,21,22)/b20-5+. The zero-order chi connectivity index (χ0) is 15.9. The fourth-order valence-electron chi connectivity index (χ4n) is 1.50. The van der Waals surface area contributed by atoms with Crippen LogP contribution in [0.4, 0.5) is 5.69 Å². The summed E-state index contributed by atoms with van der Waals surface area (Å²) in [6.07, 6.45) is 4.25. The number of nitrogens with one attached hydrogen (secondary N) is 2. The van der Waals surface area contributed by atoms with Gasteiger partial charge in [0.05, 0.1) is 22.8 Å². The molecule has 2 aromatic rings. The Hall–Kier alpha value is -1.82. The Morgan fingerprint density at radius 3 is 2.41 bits per heavy atom. The van der Waals surface area contributed by atoms with Crippen molar-refractivity contribution in [3.05, 3.63) is 57.3 Å². The van der Waals surface area contributed by atoms with Crippen molar-refractivity contribution in [1.29, 1.82) is 0 Å². The molecule has 0 aliphatic carbocycles. The van der Waals surface area contributed by atoms with Crippen molar-refractivity contribution in [2.45, 2.75) is 0 Å². The smallest absolute Gasteiger partial charge is 0.259 e. The molecule has 0 saturated carbocycles. The molecule has 1 amide bonds. The van der Waals surface area contributed by atoms with Gasteiger partial charge in [-0.25, -0.2) is 5.43 Å². The summed E-state index contributed by atoms with van der Waals surface area (Å²) in [5.74, 6) is -0.312. The largest absolute Gasteiger partial charge is 0.376 e. The van der Waals surface area contributed by atoms with E-state index >= 15 is 0 Å². The molecule has 22 heavy (non-hydrogen) atoms. The molecule has 0 bridgehead atoms. The quantitative estimate of drug-likeness (QED) is 0.634. The third kappa shape index (κ3) is 4.87. The molecule has 0 radical (unpaired) electrons. The monoisotopic (exact) mass is 356 g/mol. The van der Waals surface area contributed by atoms with Gasteiger partial charge in [0, 0.05) is 28.7 Å². The molecule has 114 valence electrons. The van der Waals surface area contributed by atoms with Gasteiger partial charge in [-0.3, -0.25) is 9.78 Å². The van der Waals surface area contributed by atoms with E-state index in [4.69, 9.17) is 34.8 Å². The minimum Gasteiger partial charge on any atom is -0.376 e. The molecule has 1 aromatic heterocycles. The lowest BCUT2D eigenvalue weighted by molar-refractivity contribution is -0.119. The lowest BCUT2D eigenvalue weighted by Crippen LogP contribution is -2.25. The number of rotatable bonds is 5. The van der Waals surface area contributed by atoms with Crippen molar-refractivity contribution >= 4 is 52.6 Å². The summed E-state index contributed by atoms with van der Waals surface area (Å²) in [7, 11) is 0. The summed E-state index contributed by atoms with van der Waals surface area (Å²) in [6.45, 7) is 0.0663. The molecule has 8 heteroatoms. The maximum Gasteiger partial charge on any atom is 0.259 e. The molecule has 0 atom stereocenters. The van der Waals surface area contributed by atoms with Crippen molar-refractivity contribution in [3.63, 3.8) is 0 Å². The maximum atomic E-state index is 11.7. The van der Waals surface area contributed by atoms with Crippen LogP contribution in [0.1, 0.15) is 5.56 Å². The second kappa shape index (κ2) is 7.98. The van der Waals surface area contributed by atoms with E-state index in [9.17, 15) is 4.79 Å². The van der Waals surface area contributed by atoms with Crippen LogP contribution in [0, 0.1) is 0 Å². The van der Waals surface area contributed by atoms with Gasteiger partial charge in [0.25, 0.3) is 5.91 Å².